The van der Waals surface area contributed by atoms with Crippen LogP contribution in [0.25, 0.3) is 0 Å². The highest BCUT2D eigenvalue weighted by Crippen LogP contribution is 2.17. The van der Waals surface area contributed by atoms with Crippen LogP contribution in [0.2, 0.25) is 5.02 Å². The Morgan fingerprint density at radius 3 is 2.84 bits per heavy atom. The molecular weight excluding hydrogens is 332 g/mol. The number of carbonyl (C=O) groups excluding carboxylic acids is 1. The molecule has 0 aliphatic carbocycles. The Hall–Kier alpha value is -1.59. The molecule has 0 fully saturated rings. The van der Waals surface area contributed by atoms with Crippen molar-refractivity contribution >= 4 is 39.7 Å². The standard InChI is InChI=1S/C13H10BrClN2O2/c1-8-2-4-10(11(15)6-8)13(18)17-16-7-9-3-5-12(14)19-9/h2-7H,1H3,(H,17,18)/b16-7-. The Labute approximate surface area is 123 Å². The molecule has 4 nitrogen and oxygen atoms in total. The fourth-order valence-electron chi connectivity index (χ4n) is 1.42. The van der Waals surface area contributed by atoms with Gasteiger partial charge >= 0.3 is 0 Å². The van der Waals surface area contributed by atoms with Gasteiger partial charge in [0.05, 0.1) is 16.8 Å². The van der Waals surface area contributed by atoms with Crippen molar-refractivity contribution in [3.05, 3.63) is 56.9 Å². The van der Waals surface area contributed by atoms with Crippen LogP contribution in [0.4, 0.5) is 0 Å². The van der Waals surface area contributed by atoms with E-state index < -0.39 is 0 Å². The van der Waals surface area contributed by atoms with Gasteiger partial charge < -0.3 is 4.42 Å². The van der Waals surface area contributed by atoms with Crippen LogP contribution in [0, 0.1) is 6.92 Å². The average molecular weight is 342 g/mol. The van der Waals surface area contributed by atoms with Crippen LogP contribution in [-0.2, 0) is 0 Å². The minimum atomic E-state index is -0.369. The summed E-state index contributed by atoms with van der Waals surface area (Å²) < 4.78 is 5.80. The van der Waals surface area contributed by atoms with E-state index in [4.69, 9.17) is 16.0 Å². The molecule has 0 aliphatic rings. The molecule has 1 aromatic carbocycles. The van der Waals surface area contributed by atoms with E-state index in [-0.39, 0.29) is 5.91 Å². The Bertz CT molecular complexity index is 637. The van der Waals surface area contributed by atoms with Crippen molar-refractivity contribution in [3.63, 3.8) is 0 Å². The molecule has 2 aromatic rings. The summed E-state index contributed by atoms with van der Waals surface area (Å²) in [5.41, 5.74) is 3.76. The molecule has 0 atom stereocenters. The largest absolute Gasteiger partial charge is 0.448 e. The number of amides is 1. The molecule has 1 amide bonds. The van der Waals surface area contributed by atoms with Gasteiger partial charge in [-0.3, -0.25) is 4.79 Å². The Morgan fingerprint density at radius 2 is 2.21 bits per heavy atom. The molecule has 0 aliphatic heterocycles. The normalized spacial score (nSPS) is 10.9. The van der Waals surface area contributed by atoms with Gasteiger partial charge in [0, 0.05) is 0 Å². The quantitative estimate of drug-likeness (QED) is 0.682. The lowest BCUT2D eigenvalue weighted by molar-refractivity contribution is 0.0955. The molecule has 2 rings (SSSR count). The third-order valence-corrected chi connectivity index (χ3v) is 3.06. The molecule has 6 heteroatoms. The van der Waals surface area contributed by atoms with Crippen LogP contribution in [0.5, 0.6) is 0 Å². The second-order valence-electron chi connectivity index (χ2n) is 3.82. The minimum Gasteiger partial charge on any atom is -0.448 e. The monoisotopic (exact) mass is 340 g/mol. The Kier molecular flexibility index (Phi) is 4.39. The predicted molar refractivity (Wildman–Crippen MR) is 77.7 cm³/mol. The van der Waals surface area contributed by atoms with Crippen LogP contribution in [-0.4, -0.2) is 12.1 Å². The lowest BCUT2D eigenvalue weighted by Gasteiger charge is -2.03. The summed E-state index contributed by atoms with van der Waals surface area (Å²) in [6, 6.07) is 8.66. The molecular formula is C13H10BrClN2O2. The number of aryl methyl sites for hydroxylation is 1. The molecule has 0 saturated carbocycles. The average Bonchev–Trinajstić information content (AvgIpc) is 2.75. The number of nitrogens with zero attached hydrogens (tertiary/aromatic N) is 1. The summed E-state index contributed by atoms with van der Waals surface area (Å²) in [6.45, 7) is 1.90. The van der Waals surface area contributed by atoms with Gasteiger partial charge in [-0.15, -0.1) is 0 Å². The van der Waals surface area contributed by atoms with Gasteiger partial charge in [0.15, 0.2) is 4.67 Å². The van der Waals surface area contributed by atoms with E-state index in [1.807, 2.05) is 13.0 Å². The highest BCUT2D eigenvalue weighted by Gasteiger charge is 2.09. The highest BCUT2D eigenvalue weighted by molar-refractivity contribution is 9.10. The van der Waals surface area contributed by atoms with Crippen molar-refractivity contribution in [2.24, 2.45) is 5.10 Å². The fraction of sp³-hybridized carbons (Fsp3) is 0.0769. The topological polar surface area (TPSA) is 54.6 Å². The molecule has 0 saturated heterocycles. The summed E-state index contributed by atoms with van der Waals surface area (Å²) in [5.74, 6) is 0.161. The zero-order valence-electron chi connectivity index (χ0n) is 9.98. The fourth-order valence-corrected chi connectivity index (χ4v) is 2.06. The number of hydrazone groups is 1. The van der Waals surface area contributed by atoms with E-state index in [1.165, 1.54) is 6.21 Å². The van der Waals surface area contributed by atoms with Gasteiger partial charge in [0.1, 0.15) is 5.76 Å². The van der Waals surface area contributed by atoms with Gasteiger partial charge in [-0.25, -0.2) is 5.43 Å². The summed E-state index contributed by atoms with van der Waals surface area (Å²) >= 11 is 9.16. The van der Waals surface area contributed by atoms with Gasteiger partial charge in [0.25, 0.3) is 5.91 Å². The highest BCUT2D eigenvalue weighted by atomic mass is 79.9. The Balaban J connectivity index is 2.03. The number of furan rings is 1. The molecule has 1 aromatic heterocycles. The maximum Gasteiger partial charge on any atom is 0.272 e. The van der Waals surface area contributed by atoms with E-state index in [2.05, 4.69) is 26.5 Å². The molecule has 0 unspecified atom stereocenters. The number of hydrogen-bond acceptors (Lipinski definition) is 3. The lowest BCUT2D eigenvalue weighted by atomic mass is 10.1. The van der Waals surface area contributed by atoms with E-state index in [0.29, 0.717) is 21.0 Å². The van der Waals surface area contributed by atoms with Crippen molar-refractivity contribution in [2.45, 2.75) is 6.92 Å². The van der Waals surface area contributed by atoms with E-state index in [0.717, 1.165) is 5.56 Å². The zero-order valence-corrected chi connectivity index (χ0v) is 12.3. The number of carbonyl (C=O) groups is 1. The van der Waals surface area contributed by atoms with Gasteiger partial charge in [-0.05, 0) is 52.7 Å². The number of nitrogens with one attached hydrogen (secondary N) is 1. The van der Waals surface area contributed by atoms with Crippen molar-refractivity contribution in [1.29, 1.82) is 0 Å². The smallest absolute Gasteiger partial charge is 0.272 e. The molecule has 19 heavy (non-hydrogen) atoms. The maximum atomic E-state index is 11.8. The van der Waals surface area contributed by atoms with Gasteiger partial charge in [0.2, 0.25) is 0 Å². The number of rotatable bonds is 3. The second kappa shape index (κ2) is 6.04. The van der Waals surface area contributed by atoms with Crippen LogP contribution >= 0.6 is 27.5 Å². The third-order valence-electron chi connectivity index (χ3n) is 2.32. The first kappa shape index (κ1) is 13.8. The zero-order chi connectivity index (χ0) is 13.8. The van der Waals surface area contributed by atoms with E-state index >= 15 is 0 Å². The first-order valence-electron chi connectivity index (χ1n) is 5.41. The van der Waals surface area contributed by atoms with Crippen molar-refractivity contribution < 1.29 is 9.21 Å². The van der Waals surface area contributed by atoms with Gasteiger partial charge in [-0.2, -0.15) is 5.10 Å². The summed E-state index contributed by atoms with van der Waals surface area (Å²) in [5, 5.41) is 4.19. The molecule has 98 valence electrons. The summed E-state index contributed by atoms with van der Waals surface area (Å²) in [7, 11) is 0. The first-order valence-corrected chi connectivity index (χ1v) is 6.58. The molecule has 0 radical (unpaired) electrons. The number of hydrogen-bond donors (Lipinski definition) is 1. The summed E-state index contributed by atoms with van der Waals surface area (Å²) in [4.78, 5) is 11.8. The summed E-state index contributed by atoms with van der Waals surface area (Å²) in [6.07, 6.45) is 1.41. The van der Waals surface area contributed by atoms with Crippen LogP contribution in [0.3, 0.4) is 0 Å². The lowest BCUT2D eigenvalue weighted by Crippen LogP contribution is -2.18. The SMILES string of the molecule is Cc1ccc(C(=O)N/N=C\c2ccc(Br)o2)c(Cl)c1. The number of halogens is 2. The number of benzene rings is 1. The van der Waals surface area contributed by atoms with Crippen LogP contribution < -0.4 is 5.43 Å². The van der Waals surface area contributed by atoms with E-state index in [9.17, 15) is 4.79 Å². The minimum absolute atomic E-state index is 0.369. The van der Waals surface area contributed by atoms with Gasteiger partial charge in [-0.1, -0.05) is 17.7 Å². The van der Waals surface area contributed by atoms with Crippen LogP contribution in [0.15, 0.2) is 44.5 Å². The molecule has 0 bridgehead atoms. The van der Waals surface area contributed by atoms with Crippen LogP contribution in [0.1, 0.15) is 21.7 Å². The second-order valence-corrected chi connectivity index (χ2v) is 5.01. The van der Waals surface area contributed by atoms with Crippen molar-refractivity contribution in [1.82, 2.24) is 5.43 Å². The van der Waals surface area contributed by atoms with Crippen molar-refractivity contribution in [2.75, 3.05) is 0 Å². The maximum absolute atomic E-state index is 11.8. The Morgan fingerprint density at radius 1 is 1.42 bits per heavy atom. The predicted octanol–water partition coefficient (Wildman–Crippen LogP) is 3.77. The molecule has 0 spiro atoms. The molecule has 1 heterocycles. The van der Waals surface area contributed by atoms with E-state index in [1.54, 1.807) is 24.3 Å². The third kappa shape index (κ3) is 3.68. The van der Waals surface area contributed by atoms with Crippen molar-refractivity contribution in [3.8, 4) is 0 Å². The first-order chi connectivity index (χ1) is 9.06. The molecule has 1 N–H and O–H groups in total.